The first-order chi connectivity index (χ1) is 14.0. The highest BCUT2D eigenvalue weighted by Gasteiger charge is 2.47. The van der Waals surface area contributed by atoms with Gasteiger partial charge < -0.3 is 20.7 Å². The van der Waals surface area contributed by atoms with Gasteiger partial charge in [-0.3, -0.25) is 15.1 Å². The van der Waals surface area contributed by atoms with Gasteiger partial charge in [-0.15, -0.1) is 0 Å². The first kappa shape index (κ1) is 19.1. The highest BCUT2D eigenvalue weighted by Crippen LogP contribution is 2.40. The Bertz CT molecular complexity index is 777. The lowest BCUT2D eigenvalue weighted by Crippen LogP contribution is -2.58. The molecule has 158 valence electrons. The summed E-state index contributed by atoms with van der Waals surface area (Å²) < 4.78 is 19.1. The Kier molecular flexibility index (Phi) is 4.91. The average molecular weight is 405 g/mol. The van der Waals surface area contributed by atoms with Crippen molar-refractivity contribution in [2.45, 2.75) is 31.3 Å². The predicted octanol–water partition coefficient (Wildman–Crippen LogP) is -0.374. The maximum Gasteiger partial charge on any atom is 0.233 e. The van der Waals surface area contributed by atoms with Crippen LogP contribution in [0, 0.1) is 11.3 Å². The molecule has 10 heteroatoms. The van der Waals surface area contributed by atoms with Crippen molar-refractivity contribution >= 4 is 17.3 Å². The molecule has 0 radical (unpaired) electrons. The summed E-state index contributed by atoms with van der Waals surface area (Å²) in [6.45, 7) is 3.89. The molecule has 0 aliphatic carbocycles. The van der Waals surface area contributed by atoms with Crippen LogP contribution in [-0.2, 0) is 9.53 Å². The second-order valence-electron chi connectivity index (χ2n) is 8.68. The zero-order valence-corrected chi connectivity index (χ0v) is 16.3. The van der Waals surface area contributed by atoms with Gasteiger partial charge in [-0.25, -0.2) is 14.8 Å². The van der Waals surface area contributed by atoms with E-state index in [1.807, 2.05) is 6.07 Å². The van der Waals surface area contributed by atoms with Gasteiger partial charge in [0.15, 0.2) is 0 Å². The number of halogens is 1. The summed E-state index contributed by atoms with van der Waals surface area (Å²) in [6.07, 6.45) is 3.81. The van der Waals surface area contributed by atoms with Crippen molar-refractivity contribution in [2.75, 3.05) is 49.6 Å². The first-order valence-electron chi connectivity index (χ1n) is 10.3. The zero-order valence-electron chi connectivity index (χ0n) is 16.3. The van der Waals surface area contributed by atoms with Crippen LogP contribution in [0.1, 0.15) is 12.8 Å². The highest BCUT2D eigenvalue weighted by molar-refractivity contribution is 5.96. The monoisotopic (exact) mass is 405 g/mol. The molecule has 4 saturated heterocycles. The lowest BCUT2D eigenvalue weighted by molar-refractivity contribution is -0.121. The van der Waals surface area contributed by atoms with Crippen molar-refractivity contribution in [1.82, 2.24) is 20.7 Å². The largest absolute Gasteiger partial charge is 0.380 e. The minimum atomic E-state index is -0.986. The fourth-order valence-electron chi connectivity index (χ4n) is 4.99. The molecule has 0 saturated carbocycles. The number of piperidine rings is 1. The number of rotatable bonds is 3. The van der Waals surface area contributed by atoms with Crippen LogP contribution in [0.4, 0.5) is 15.8 Å². The first-order valence-corrected chi connectivity index (χ1v) is 10.3. The Balaban J connectivity index is 1.32. The Morgan fingerprint density at radius 3 is 3.10 bits per heavy atom. The molecule has 0 bridgehead atoms. The summed E-state index contributed by atoms with van der Waals surface area (Å²) in [4.78, 5) is 19.7. The van der Waals surface area contributed by atoms with Crippen LogP contribution in [0.2, 0.25) is 0 Å². The lowest BCUT2D eigenvalue weighted by atomic mass is 9.78. The maximum absolute atomic E-state index is 13.7. The minimum Gasteiger partial charge on any atom is -0.380 e. The van der Waals surface area contributed by atoms with E-state index in [4.69, 9.17) is 10.5 Å². The fourth-order valence-corrected chi connectivity index (χ4v) is 4.99. The van der Waals surface area contributed by atoms with Gasteiger partial charge in [0.1, 0.15) is 6.17 Å². The fraction of sp³-hybridized carbons (Fsp3) is 0.684. The number of fused-ring (bicyclic) bond motifs is 1. The van der Waals surface area contributed by atoms with E-state index in [0.717, 1.165) is 38.4 Å². The molecule has 4 unspecified atom stereocenters. The second kappa shape index (κ2) is 7.44. The van der Waals surface area contributed by atoms with E-state index in [2.05, 4.69) is 25.9 Å². The van der Waals surface area contributed by atoms with Crippen LogP contribution in [0.3, 0.4) is 0 Å². The number of carbonyl (C=O) groups is 1. The molecule has 9 nitrogen and oxygen atoms in total. The molecule has 5 heterocycles. The van der Waals surface area contributed by atoms with Crippen LogP contribution in [0.15, 0.2) is 18.5 Å². The number of alkyl halides is 1. The van der Waals surface area contributed by atoms with E-state index in [1.54, 1.807) is 17.4 Å². The Morgan fingerprint density at radius 2 is 2.31 bits per heavy atom. The summed E-state index contributed by atoms with van der Waals surface area (Å²) in [7, 11) is 0. The number of nitrogens with one attached hydrogen (secondary N) is 3. The Hall–Kier alpha value is -1.85. The van der Waals surface area contributed by atoms with Gasteiger partial charge in [0, 0.05) is 37.8 Å². The predicted molar refractivity (Wildman–Crippen MR) is 106 cm³/mol. The molecule has 1 aromatic rings. The van der Waals surface area contributed by atoms with Gasteiger partial charge in [0.2, 0.25) is 5.91 Å². The molecule has 4 aliphatic heterocycles. The summed E-state index contributed by atoms with van der Waals surface area (Å²) in [5.41, 5.74) is 11.1. The maximum atomic E-state index is 13.7. The molecule has 4 fully saturated rings. The number of pyridine rings is 1. The third kappa shape index (κ3) is 3.49. The number of aromatic nitrogens is 1. The second-order valence-corrected chi connectivity index (χ2v) is 8.68. The summed E-state index contributed by atoms with van der Waals surface area (Å²) >= 11 is 0. The van der Waals surface area contributed by atoms with Crippen LogP contribution in [-0.4, -0.2) is 73.8 Å². The summed E-state index contributed by atoms with van der Waals surface area (Å²) in [6, 6.07) is 1.94. The number of anilines is 2. The topological polar surface area (TPSA) is 108 Å². The van der Waals surface area contributed by atoms with Gasteiger partial charge in [-0.05, 0) is 18.9 Å². The standard InChI is InChI=1S/C19H28FN7O2/c20-12-6-23-17-15(16(21)25-27(17)8-12)18(28)24-13-7-22-4-2-14(13)26-5-1-3-19(9-26)10-29-11-19/h2,4,7,12,15-17,23,25H,1,3,5-6,8-11,21H2,(H,24,28). The van der Waals surface area contributed by atoms with E-state index in [-0.39, 0.29) is 30.6 Å². The molecular formula is C19H28FN7O2. The smallest absolute Gasteiger partial charge is 0.233 e. The number of hydrogen-bond donors (Lipinski definition) is 4. The number of amides is 1. The van der Waals surface area contributed by atoms with E-state index >= 15 is 0 Å². The van der Waals surface area contributed by atoms with Gasteiger partial charge in [-0.1, -0.05) is 0 Å². The van der Waals surface area contributed by atoms with Crippen molar-refractivity contribution < 1.29 is 13.9 Å². The molecule has 5 rings (SSSR count). The minimum absolute atomic E-state index is 0.199. The van der Waals surface area contributed by atoms with Crippen LogP contribution < -0.4 is 26.7 Å². The molecule has 1 spiro atoms. The van der Waals surface area contributed by atoms with E-state index in [1.165, 1.54) is 6.42 Å². The molecule has 1 amide bonds. The van der Waals surface area contributed by atoms with Crippen molar-refractivity contribution in [2.24, 2.45) is 17.1 Å². The molecule has 4 atom stereocenters. The number of nitrogens with two attached hydrogens (primary N) is 1. The normalized spacial score (nSPS) is 33.9. The van der Waals surface area contributed by atoms with E-state index < -0.39 is 18.3 Å². The van der Waals surface area contributed by atoms with E-state index in [0.29, 0.717) is 5.69 Å². The molecule has 5 N–H and O–H groups in total. The number of hydrogen-bond acceptors (Lipinski definition) is 8. The molecule has 0 aromatic carbocycles. The highest BCUT2D eigenvalue weighted by atomic mass is 19.1. The van der Waals surface area contributed by atoms with Crippen molar-refractivity contribution in [3.8, 4) is 0 Å². The number of nitrogens with zero attached hydrogens (tertiary/aromatic N) is 3. The van der Waals surface area contributed by atoms with Crippen molar-refractivity contribution in [3.63, 3.8) is 0 Å². The van der Waals surface area contributed by atoms with Gasteiger partial charge in [0.05, 0.1) is 49.0 Å². The summed E-state index contributed by atoms with van der Waals surface area (Å²) in [5.74, 6) is -0.737. The number of hydrazine groups is 1. The Morgan fingerprint density at radius 1 is 1.45 bits per heavy atom. The lowest BCUT2D eigenvalue weighted by Gasteiger charge is -2.49. The van der Waals surface area contributed by atoms with E-state index in [9.17, 15) is 9.18 Å². The third-order valence-corrected chi connectivity index (χ3v) is 6.50. The summed E-state index contributed by atoms with van der Waals surface area (Å²) in [5, 5.41) is 7.82. The SMILES string of the molecule is NC1NN2CC(F)CNC2C1C(=O)Nc1cnccc1N1CCCC2(COC2)C1. The number of ether oxygens (including phenoxy) is 1. The molecular weight excluding hydrogens is 377 g/mol. The number of carbonyl (C=O) groups excluding carboxylic acids is 1. The zero-order chi connectivity index (χ0) is 20.0. The van der Waals surface area contributed by atoms with Gasteiger partial charge >= 0.3 is 0 Å². The van der Waals surface area contributed by atoms with Gasteiger partial charge in [0.25, 0.3) is 0 Å². The van der Waals surface area contributed by atoms with Crippen molar-refractivity contribution in [3.05, 3.63) is 18.5 Å². The Labute approximate surface area is 169 Å². The molecule has 1 aromatic heterocycles. The molecule has 29 heavy (non-hydrogen) atoms. The quantitative estimate of drug-likeness (QED) is 0.539. The van der Waals surface area contributed by atoms with Crippen LogP contribution >= 0.6 is 0 Å². The van der Waals surface area contributed by atoms with Crippen LogP contribution in [0.5, 0.6) is 0 Å². The average Bonchev–Trinajstić information content (AvgIpc) is 3.02. The van der Waals surface area contributed by atoms with Crippen molar-refractivity contribution in [1.29, 1.82) is 0 Å². The van der Waals surface area contributed by atoms with Crippen LogP contribution in [0.25, 0.3) is 0 Å². The third-order valence-electron chi connectivity index (χ3n) is 6.50. The van der Waals surface area contributed by atoms with Gasteiger partial charge in [-0.2, -0.15) is 0 Å². The molecule has 4 aliphatic rings.